The Bertz CT molecular complexity index is 765. The van der Waals surface area contributed by atoms with Crippen molar-refractivity contribution in [3.8, 4) is 0 Å². The molecule has 2 aliphatic rings. The molecule has 0 radical (unpaired) electrons. The first-order chi connectivity index (χ1) is 13.4. The van der Waals surface area contributed by atoms with Crippen molar-refractivity contribution in [3.05, 3.63) is 120 Å². The monoisotopic (exact) mass is 440 g/mol. The number of rotatable bonds is 0. The number of halogens is 6. The summed E-state index contributed by atoms with van der Waals surface area (Å²) < 4.78 is 71.5. The Morgan fingerprint density at radius 1 is 0.586 bits per heavy atom. The van der Waals surface area contributed by atoms with Gasteiger partial charge in [0.15, 0.2) is 0 Å². The molecule has 0 N–H and O–H groups in total. The van der Waals surface area contributed by atoms with Crippen LogP contribution in [-0.2, 0) is 21.7 Å². The topological polar surface area (TPSA) is 0 Å². The summed E-state index contributed by atoms with van der Waals surface area (Å²) in [6, 6.07) is 5.83. The fourth-order valence-electron chi connectivity index (χ4n) is 1.53. The molecule has 0 aliphatic heterocycles. The van der Waals surface area contributed by atoms with Crippen LogP contribution >= 0.6 is 0 Å². The first kappa shape index (κ1) is 26.7. The van der Waals surface area contributed by atoms with Gasteiger partial charge >= 0.3 is 21.7 Å². The molecule has 0 nitrogen and oxygen atoms in total. The molecule has 0 saturated heterocycles. The van der Waals surface area contributed by atoms with Crippen LogP contribution in [0, 0.1) is 59.2 Å². The minimum atomic E-state index is -1.19. The van der Waals surface area contributed by atoms with Crippen LogP contribution in [0.15, 0.2) is 60.7 Å². The first-order valence-electron chi connectivity index (χ1n) is 7.88. The fourth-order valence-corrected chi connectivity index (χ4v) is 1.53. The van der Waals surface area contributed by atoms with Crippen molar-refractivity contribution in [1.29, 1.82) is 0 Å². The van der Waals surface area contributed by atoms with E-state index in [1.807, 2.05) is 36.4 Å². The Hall–Kier alpha value is -2.31. The van der Waals surface area contributed by atoms with Crippen LogP contribution in [0.2, 0.25) is 0 Å². The first-order valence-corrected chi connectivity index (χ1v) is 7.88. The summed E-state index contributed by atoms with van der Waals surface area (Å²) in [5.74, 6) is -6.34. The van der Waals surface area contributed by atoms with Gasteiger partial charge in [0.2, 0.25) is 0 Å². The fraction of sp³-hybridized carbons (Fsp3) is 0.0909. The van der Waals surface area contributed by atoms with E-state index < -0.39 is 34.9 Å². The Labute approximate surface area is 180 Å². The summed E-state index contributed by atoms with van der Waals surface area (Å²) in [6.07, 6.45) is 20.0. The van der Waals surface area contributed by atoms with Crippen LogP contribution in [0.25, 0.3) is 0 Å². The van der Waals surface area contributed by atoms with Crippen molar-refractivity contribution in [3.63, 3.8) is 0 Å². The molecule has 7 heteroatoms. The van der Waals surface area contributed by atoms with Gasteiger partial charge in [0.25, 0.3) is 0 Å². The second-order valence-corrected chi connectivity index (χ2v) is 4.96. The van der Waals surface area contributed by atoms with Crippen molar-refractivity contribution < 1.29 is 48.1 Å². The third-order valence-corrected chi connectivity index (χ3v) is 2.81. The van der Waals surface area contributed by atoms with Crippen LogP contribution in [0.4, 0.5) is 26.3 Å². The summed E-state index contributed by atoms with van der Waals surface area (Å²) in [7, 11) is 0. The van der Waals surface area contributed by atoms with E-state index in [0.29, 0.717) is 24.3 Å². The molecule has 0 aromatic heterocycles. The zero-order valence-electron chi connectivity index (χ0n) is 15.0. The third-order valence-electron chi connectivity index (χ3n) is 2.81. The van der Waals surface area contributed by atoms with Gasteiger partial charge < -0.3 is 0 Å². The Balaban J connectivity index is 0.000000369. The second kappa shape index (κ2) is 15.6. The molecule has 0 spiro atoms. The Kier molecular flexibility index (Phi) is 14.4. The van der Waals surface area contributed by atoms with Gasteiger partial charge in [-0.05, 0) is 0 Å². The summed E-state index contributed by atoms with van der Waals surface area (Å²) >= 11 is 0. The van der Waals surface area contributed by atoms with Crippen LogP contribution in [-0.4, -0.2) is 0 Å². The molecule has 2 aromatic rings. The van der Waals surface area contributed by atoms with E-state index in [9.17, 15) is 26.3 Å². The van der Waals surface area contributed by atoms with E-state index in [1.165, 1.54) is 0 Å². The molecule has 4 rings (SSSR count). The minimum absolute atomic E-state index is 0. The average molecular weight is 440 g/mol. The maximum atomic E-state index is 11.9. The predicted molar refractivity (Wildman–Crippen MR) is 93.4 cm³/mol. The maximum absolute atomic E-state index is 11.9. The zero-order valence-corrected chi connectivity index (χ0v) is 16.5. The van der Waals surface area contributed by atoms with Crippen molar-refractivity contribution in [2.75, 3.05) is 0 Å². The quantitative estimate of drug-likeness (QED) is 0.192. The molecule has 0 amide bonds. The van der Waals surface area contributed by atoms with Gasteiger partial charge in [0.1, 0.15) is 0 Å². The van der Waals surface area contributed by atoms with Crippen LogP contribution in [0.5, 0.6) is 0 Å². The van der Waals surface area contributed by atoms with E-state index in [2.05, 4.69) is 24.3 Å². The zero-order chi connectivity index (χ0) is 20.8. The number of benzene rings is 2. The predicted octanol–water partition coefficient (Wildman–Crippen LogP) is 6.42. The van der Waals surface area contributed by atoms with Crippen molar-refractivity contribution in [2.24, 2.45) is 0 Å². The third kappa shape index (κ3) is 12.7. The second-order valence-electron chi connectivity index (χ2n) is 4.96. The molecule has 2 aliphatic carbocycles. The Morgan fingerprint density at radius 3 is 1.14 bits per heavy atom. The van der Waals surface area contributed by atoms with Crippen molar-refractivity contribution >= 4 is 0 Å². The van der Waals surface area contributed by atoms with Gasteiger partial charge in [-0.1, -0.05) is 12.1 Å². The van der Waals surface area contributed by atoms with Gasteiger partial charge in [-0.2, -0.15) is 12.2 Å². The van der Waals surface area contributed by atoms with E-state index >= 15 is 0 Å². The van der Waals surface area contributed by atoms with E-state index in [4.69, 9.17) is 0 Å². The van der Waals surface area contributed by atoms with Crippen LogP contribution in [0.3, 0.4) is 0 Å². The van der Waals surface area contributed by atoms with Crippen LogP contribution < -0.4 is 0 Å². The number of hydrogen-bond donors (Lipinski definition) is 0. The Morgan fingerprint density at radius 2 is 0.966 bits per heavy atom. The summed E-state index contributed by atoms with van der Waals surface area (Å²) in [4.78, 5) is 0. The minimum Gasteiger partial charge on any atom is -0.281 e. The molecular formula is C22H14F6Ti. The normalized spacial score (nSPS) is 12.1. The molecule has 0 fully saturated rings. The summed E-state index contributed by atoms with van der Waals surface area (Å²) in [5.41, 5.74) is 0. The number of allylic oxidation sites excluding steroid dienone is 8. The average Bonchev–Trinajstić information content (AvgIpc) is 3.41. The van der Waals surface area contributed by atoms with Crippen molar-refractivity contribution in [2.45, 2.75) is 12.8 Å². The summed E-state index contributed by atoms with van der Waals surface area (Å²) in [5, 5.41) is 0. The molecule has 148 valence electrons. The summed E-state index contributed by atoms with van der Waals surface area (Å²) in [6.45, 7) is 0. The van der Waals surface area contributed by atoms with Gasteiger partial charge in [0, 0.05) is 23.3 Å². The standard InChI is InChI=1S/2C6H2F3.2C5H5.Ti/c2*7-4-1-2-5(8)6(9)3-4;2*1-2-4-5-3-1;/h2*2-3H;2*1-3H,4H2;/q4*-1;+4. The molecular weight excluding hydrogens is 426 g/mol. The van der Waals surface area contributed by atoms with E-state index in [1.54, 1.807) is 0 Å². The molecule has 0 saturated carbocycles. The van der Waals surface area contributed by atoms with Crippen molar-refractivity contribution in [1.82, 2.24) is 0 Å². The van der Waals surface area contributed by atoms with Gasteiger partial charge in [-0.3, -0.25) is 20.9 Å². The van der Waals surface area contributed by atoms with Crippen LogP contribution in [0.1, 0.15) is 12.8 Å². The molecule has 0 bridgehead atoms. The van der Waals surface area contributed by atoms with Gasteiger partial charge in [-0.15, -0.1) is 37.1 Å². The SMILES string of the molecule is Fc1[c-]cc(F)c(F)c1.Fc1[c-]cc(F)c(F)c1.[C-]1=CC=CC1.[C-]1=CC=CC1.[Ti+4]. The maximum Gasteiger partial charge on any atom is 4.00 e. The molecule has 2 aromatic carbocycles. The van der Waals surface area contributed by atoms with Gasteiger partial charge in [0.05, 0.1) is 11.6 Å². The molecule has 0 atom stereocenters. The largest absolute Gasteiger partial charge is 4.00 e. The molecule has 0 unspecified atom stereocenters. The molecule has 29 heavy (non-hydrogen) atoms. The smallest absolute Gasteiger partial charge is 0.281 e. The van der Waals surface area contributed by atoms with Gasteiger partial charge in [-0.25, -0.2) is 41.9 Å². The van der Waals surface area contributed by atoms with E-state index in [0.717, 1.165) is 12.8 Å². The van der Waals surface area contributed by atoms with E-state index in [-0.39, 0.29) is 21.7 Å². The number of hydrogen-bond acceptors (Lipinski definition) is 0. The molecule has 0 heterocycles.